The van der Waals surface area contributed by atoms with Crippen LogP contribution in [0, 0.1) is 19.8 Å². The largest absolute Gasteiger partial charge is 0.356 e. The van der Waals surface area contributed by atoms with E-state index in [1.807, 2.05) is 13.8 Å². The Labute approximate surface area is 163 Å². The molecule has 0 amide bonds. The summed E-state index contributed by atoms with van der Waals surface area (Å²) >= 11 is 1.67. The summed E-state index contributed by atoms with van der Waals surface area (Å²) < 4.78 is 2.23. The summed E-state index contributed by atoms with van der Waals surface area (Å²) in [5, 5.41) is 18.3. The third kappa shape index (κ3) is 4.65. The molecule has 2 aromatic heterocycles. The number of halogens is 1. The molecule has 1 unspecified atom stereocenters. The van der Waals surface area contributed by atoms with E-state index in [1.165, 1.54) is 0 Å². The Hall–Kier alpha value is -1.23. The molecular weight excluding hydrogens is 437 g/mol. The second kappa shape index (κ2) is 8.75. The van der Waals surface area contributed by atoms with Crippen LogP contribution in [0.1, 0.15) is 28.8 Å². The highest BCUT2D eigenvalue weighted by atomic mass is 127. The van der Waals surface area contributed by atoms with Gasteiger partial charge >= 0.3 is 0 Å². The van der Waals surface area contributed by atoms with E-state index >= 15 is 0 Å². The zero-order valence-electron chi connectivity index (χ0n) is 14.2. The summed E-state index contributed by atoms with van der Waals surface area (Å²) in [6.45, 7) is 6.61. The number of guanidine groups is 1. The minimum absolute atomic E-state index is 0. The Morgan fingerprint density at radius 3 is 2.92 bits per heavy atom. The second-order valence-corrected chi connectivity index (χ2v) is 6.81. The average molecular weight is 461 g/mol. The van der Waals surface area contributed by atoms with Crippen LogP contribution in [0.25, 0.3) is 0 Å². The van der Waals surface area contributed by atoms with Crippen molar-refractivity contribution < 1.29 is 0 Å². The van der Waals surface area contributed by atoms with E-state index in [0.29, 0.717) is 12.5 Å². The molecule has 2 N–H and O–H groups in total. The standard InChI is InChI=1S/C15H23N7S.HI/c1-10-9-23-14(19-10)7-18-15(16-3)17-6-12-4-5-13-21-20-11(2)22(13)8-12;/h9,12H,4-8H2,1-3H3,(H2,16,17,18);1H. The lowest BCUT2D eigenvalue weighted by Crippen LogP contribution is -2.41. The Balaban J connectivity index is 0.00000208. The van der Waals surface area contributed by atoms with Gasteiger partial charge in [0.25, 0.3) is 0 Å². The van der Waals surface area contributed by atoms with E-state index in [4.69, 9.17) is 0 Å². The van der Waals surface area contributed by atoms with E-state index in [0.717, 1.165) is 54.2 Å². The third-order valence-electron chi connectivity index (χ3n) is 4.08. The van der Waals surface area contributed by atoms with Gasteiger partial charge in [0.05, 0.1) is 6.54 Å². The molecule has 1 aliphatic rings. The number of hydrogen-bond donors (Lipinski definition) is 2. The molecule has 0 radical (unpaired) electrons. The highest BCUT2D eigenvalue weighted by molar-refractivity contribution is 14.0. The van der Waals surface area contributed by atoms with Crippen LogP contribution in [0.4, 0.5) is 0 Å². The predicted octanol–water partition coefficient (Wildman–Crippen LogP) is 1.90. The monoisotopic (exact) mass is 461 g/mol. The molecule has 3 rings (SSSR count). The van der Waals surface area contributed by atoms with Gasteiger partial charge in [-0.3, -0.25) is 4.99 Å². The van der Waals surface area contributed by atoms with E-state index in [9.17, 15) is 0 Å². The first-order chi connectivity index (χ1) is 11.2. The molecule has 3 heterocycles. The minimum atomic E-state index is 0. The van der Waals surface area contributed by atoms with Gasteiger partial charge in [0.15, 0.2) is 5.96 Å². The molecule has 1 atom stereocenters. The summed E-state index contributed by atoms with van der Waals surface area (Å²) in [7, 11) is 1.80. The van der Waals surface area contributed by atoms with Crippen molar-refractivity contribution in [3.8, 4) is 0 Å². The fraction of sp³-hybridized carbons (Fsp3) is 0.600. The predicted molar refractivity (Wildman–Crippen MR) is 107 cm³/mol. The van der Waals surface area contributed by atoms with Crippen molar-refractivity contribution in [3.05, 3.63) is 27.7 Å². The molecule has 0 fully saturated rings. The van der Waals surface area contributed by atoms with Crippen molar-refractivity contribution in [1.29, 1.82) is 0 Å². The molecule has 0 aliphatic carbocycles. The summed E-state index contributed by atoms with van der Waals surface area (Å²) in [5.41, 5.74) is 1.07. The number of aryl methyl sites for hydroxylation is 3. The van der Waals surface area contributed by atoms with Crippen molar-refractivity contribution in [2.45, 2.75) is 39.8 Å². The molecule has 7 nitrogen and oxygen atoms in total. The van der Waals surface area contributed by atoms with Crippen LogP contribution in [-0.2, 0) is 19.5 Å². The van der Waals surface area contributed by atoms with Gasteiger partial charge in [0.2, 0.25) is 0 Å². The lowest BCUT2D eigenvalue weighted by Gasteiger charge is -2.24. The van der Waals surface area contributed by atoms with Crippen LogP contribution in [0.3, 0.4) is 0 Å². The third-order valence-corrected chi connectivity index (χ3v) is 5.05. The van der Waals surface area contributed by atoms with Crippen molar-refractivity contribution in [2.75, 3.05) is 13.6 Å². The number of hydrogen-bond acceptors (Lipinski definition) is 5. The van der Waals surface area contributed by atoms with Crippen LogP contribution in [-0.4, -0.2) is 39.3 Å². The molecule has 0 spiro atoms. The van der Waals surface area contributed by atoms with Gasteiger partial charge in [-0.05, 0) is 26.2 Å². The molecular formula is C15H24IN7S. The van der Waals surface area contributed by atoms with E-state index in [1.54, 1.807) is 18.4 Å². The second-order valence-electron chi connectivity index (χ2n) is 5.87. The maximum Gasteiger partial charge on any atom is 0.191 e. The smallest absolute Gasteiger partial charge is 0.191 e. The van der Waals surface area contributed by atoms with Crippen LogP contribution < -0.4 is 10.6 Å². The molecule has 1 aliphatic heterocycles. The first-order valence-electron chi connectivity index (χ1n) is 7.90. The zero-order valence-corrected chi connectivity index (χ0v) is 17.4. The fourth-order valence-electron chi connectivity index (χ4n) is 2.80. The van der Waals surface area contributed by atoms with Gasteiger partial charge in [0.1, 0.15) is 16.7 Å². The van der Waals surface area contributed by atoms with Crippen LogP contribution in [0.2, 0.25) is 0 Å². The number of rotatable bonds is 4. The van der Waals surface area contributed by atoms with Crippen molar-refractivity contribution in [3.63, 3.8) is 0 Å². The number of thiazole rings is 1. The van der Waals surface area contributed by atoms with Gasteiger partial charge in [-0.1, -0.05) is 0 Å². The van der Waals surface area contributed by atoms with Gasteiger partial charge in [-0.25, -0.2) is 4.98 Å². The lowest BCUT2D eigenvalue weighted by molar-refractivity contribution is 0.358. The van der Waals surface area contributed by atoms with Crippen molar-refractivity contribution >= 4 is 41.3 Å². The van der Waals surface area contributed by atoms with Crippen LogP contribution in [0.15, 0.2) is 10.4 Å². The van der Waals surface area contributed by atoms with E-state index < -0.39 is 0 Å². The lowest BCUT2D eigenvalue weighted by atomic mass is 9.99. The number of nitrogens with one attached hydrogen (secondary N) is 2. The number of aromatic nitrogens is 4. The van der Waals surface area contributed by atoms with Crippen LogP contribution in [0.5, 0.6) is 0 Å². The quantitative estimate of drug-likeness (QED) is 0.413. The Kier molecular flexibility index (Phi) is 6.96. The molecule has 24 heavy (non-hydrogen) atoms. The van der Waals surface area contributed by atoms with Gasteiger partial charge in [-0.2, -0.15) is 0 Å². The Bertz CT molecular complexity index is 694. The summed E-state index contributed by atoms with van der Waals surface area (Å²) in [4.78, 5) is 8.74. The molecule has 132 valence electrons. The summed E-state index contributed by atoms with van der Waals surface area (Å²) in [6.07, 6.45) is 2.13. The molecule has 0 saturated heterocycles. The van der Waals surface area contributed by atoms with Crippen LogP contribution >= 0.6 is 35.3 Å². The Morgan fingerprint density at radius 2 is 2.21 bits per heavy atom. The topological polar surface area (TPSA) is 80.0 Å². The van der Waals surface area contributed by atoms with Gasteiger partial charge in [-0.15, -0.1) is 45.5 Å². The molecule has 2 aromatic rings. The molecule has 0 bridgehead atoms. The first kappa shape index (κ1) is 19.1. The first-order valence-corrected chi connectivity index (χ1v) is 8.78. The Morgan fingerprint density at radius 1 is 1.38 bits per heavy atom. The highest BCUT2D eigenvalue weighted by Gasteiger charge is 2.21. The summed E-state index contributed by atoms with van der Waals surface area (Å²) in [5.74, 6) is 3.51. The number of aliphatic imine (C=N–C) groups is 1. The van der Waals surface area contributed by atoms with Gasteiger partial charge in [0, 0.05) is 37.6 Å². The highest BCUT2D eigenvalue weighted by Crippen LogP contribution is 2.19. The SMILES string of the molecule is CN=C(NCc1nc(C)cs1)NCC1CCc2nnc(C)n2C1.I. The van der Waals surface area contributed by atoms with Crippen molar-refractivity contribution in [1.82, 2.24) is 30.4 Å². The fourth-order valence-corrected chi connectivity index (χ4v) is 3.51. The zero-order chi connectivity index (χ0) is 16.2. The maximum absolute atomic E-state index is 4.45. The summed E-state index contributed by atoms with van der Waals surface area (Å²) in [6, 6.07) is 0. The normalized spacial score (nSPS) is 17.1. The van der Waals surface area contributed by atoms with Gasteiger partial charge < -0.3 is 15.2 Å². The van der Waals surface area contributed by atoms with E-state index in [2.05, 4.69) is 40.8 Å². The number of fused-ring (bicyclic) bond motifs is 1. The number of nitrogens with zero attached hydrogens (tertiary/aromatic N) is 5. The average Bonchev–Trinajstić information content (AvgIpc) is 3.14. The molecule has 0 saturated carbocycles. The van der Waals surface area contributed by atoms with E-state index in [-0.39, 0.29) is 24.0 Å². The molecule has 9 heteroatoms. The molecule has 0 aromatic carbocycles. The maximum atomic E-state index is 4.45. The minimum Gasteiger partial charge on any atom is -0.356 e. The van der Waals surface area contributed by atoms with Crippen molar-refractivity contribution in [2.24, 2.45) is 10.9 Å².